The van der Waals surface area contributed by atoms with E-state index in [1.54, 1.807) is 12.3 Å². The molecule has 0 aliphatic carbocycles. The van der Waals surface area contributed by atoms with Crippen LogP contribution in [0.3, 0.4) is 0 Å². The highest BCUT2D eigenvalue weighted by Gasteiger charge is 2.10. The number of rotatable bonds is 2. The predicted molar refractivity (Wildman–Crippen MR) is 77.7 cm³/mol. The van der Waals surface area contributed by atoms with Crippen LogP contribution in [0.4, 0.5) is 0 Å². The summed E-state index contributed by atoms with van der Waals surface area (Å²) >= 11 is 0. The molecular formula is C17H12N2O. The van der Waals surface area contributed by atoms with Gasteiger partial charge in [0.2, 0.25) is 0 Å². The number of nitrogens with zero attached hydrogens (tertiary/aromatic N) is 2. The van der Waals surface area contributed by atoms with Crippen molar-refractivity contribution >= 4 is 10.9 Å². The quantitative estimate of drug-likeness (QED) is 0.693. The molecule has 2 aromatic carbocycles. The van der Waals surface area contributed by atoms with Gasteiger partial charge >= 0.3 is 0 Å². The van der Waals surface area contributed by atoms with Crippen molar-refractivity contribution in [2.24, 2.45) is 0 Å². The summed E-state index contributed by atoms with van der Waals surface area (Å²) in [4.78, 5) is 4.35. The zero-order valence-electron chi connectivity index (χ0n) is 11.0. The van der Waals surface area contributed by atoms with Gasteiger partial charge in [0, 0.05) is 11.6 Å². The van der Waals surface area contributed by atoms with Gasteiger partial charge in [-0.15, -0.1) is 0 Å². The lowest BCUT2D eigenvalue weighted by Crippen LogP contribution is -1.93. The van der Waals surface area contributed by atoms with Crippen LogP contribution in [-0.2, 0) is 0 Å². The highest BCUT2D eigenvalue weighted by Crippen LogP contribution is 2.32. The first-order valence-electron chi connectivity index (χ1n) is 6.31. The largest absolute Gasteiger partial charge is 0.453 e. The molecule has 0 spiro atoms. The van der Waals surface area contributed by atoms with Crippen LogP contribution in [0.25, 0.3) is 10.9 Å². The summed E-state index contributed by atoms with van der Waals surface area (Å²) in [5, 5.41) is 10.2. The van der Waals surface area contributed by atoms with Crippen molar-refractivity contribution in [1.82, 2.24) is 4.98 Å². The molecule has 0 saturated carbocycles. The molecule has 0 fully saturated rings. The van der Waals surface area contributed by atoms with Crippen molar-refractivity contribution in [3.8, 4) is 17.6 Å². The number of nitriles is 1. The molecule has 3 nitrogen and oxygen atoms in total. The van der Waals surface area contributed by atoms with Gasteiger partial charge in [-0.1, -0.05) is 30.3 Å². The number of ether oxygens (including phenoxy) is 1. The fourth-order valence-electron chi connectivity index (χ4n) is 2.14. The van der Waals surface area contributed by atoms with Crippen LogP contribution in [0, 0.1) is 18.3 Å². The van der Waals surface area contributed by atoms with Crippen LogP contribution in [0.15, 0.2) is 54.7 Å². The summed E-state index contributed by atoms with van der Waals surface area (Å²) < 4.78 is 5.96. The molecule has 1 aromatic heterocycles. The monoisotopic (exact) mass is 260 g/mol. The standard InChI is InChI=1S/C17H12N2O/c1-12-5-2-7-14(11-18)17(12)20-15-9-3-6-13-8-4-10-19-16(13)15/h2-10H,1H3. The first-order valence-corrected chi connectivity index (χ1v) is 6.31. The molecule has 3 heteroatoms. The second-order valence-electron chi connectivity index (χ2n) is 4.50. The first-order chi connectivity index (χ1) is 9.79. The maximum Gasteiger partial charge on any atom is 0.153 e. The van der Waals surface area contributed by atoms with E-state index < -0.39 is 0 Å². The van der Waals surface area contributed by atoms with Crippen LogP contribution in [0.5, 0.6) is 11.5 Å². The molecule has 0 radical (unpaired) electrons. The van der Waals surface area contributed by atoms with Gasteiger partial charge in [-0.2, -0.15) is 5.26 Å². The zero-order chi connectivity index (χ0) is 13.9. The molecule has 0 aliphatic rings. The highest BCUT2D eigenvalue weighted by molar-refractivity contribution is 5.84. The van der Waals surface area contributed by atoms with Gasteiger partial charge in [0.25, 0.3) is 0 Å². The number of aromatic nitrogens is 1. The third-order valence-electron chi connectivity index (χ3n) is 3.14. The van der Waals surface area contributed by atoms with Crippen LogP contribution in [0.1, 0.15) is 11.1 Å². The number of para-hydroxylation sites is 2. The third-order valence-corrected chi connectivity index (χ3v) is 3.14. The van der Waals surface area contributed by atoms with Gasteiger partial charge in [0.15, 0.2) is 5.75 Å². The van der Waals surface area contributed by atoms with Crippen LogP contribution in [0.2, 0.25) is 0 Å². The first kappa shape index (κ1) is 12.2. The van der Waals surface area contributed by atoms with E-state index in [-0.39, 0.29) is 0 Å². The molecule has 96 valence electrons. The molecule has 0 atom stereocenters. The third kappa shape index (κ3) is 2.08. The SMILES string of the molecule is Cc1cccc(C#N)c1Oc1cccc2cccnc12. The van der Waals surface area contributed by atoms with E-state index in [9.17, 15) is 5.26 Å². The molecule has 0 aliphatic heterocycles. The van der Waals surface area contributed by atoms with Crippen molar-refractivity contribution in [3.05, 3.63) is 65.9 Å². The van der Waals surface area contributed by atoms with Gasteiger partial charge in [0.05, 0.1) is 5.56 Å². The molecule has 0 N–H and O–H groups in total. The molecule has 3 aromatic rings. The minimum absolute atomic E-state index is 0.526. The predicted octanol–water partition coefficient (Wildman–Crippen LogP) is 4.21. The van der Waals surface area contributed by atoms with E-state index in [1.165, 1.54) is 0 Å². The lowest BCUT2D eigenvalue weighted by molar-refractivity contribution is 0.482. The topological polar surface area (TPSA) is 45.9 Å². The van der Waals surface area contributed by atoms with Crippen molar-refractivity contribution in [2.75, 3.05) is 0 Å². The summed E-state index contributed by atoms with van der Waals surface area (Å²) in [5.74, 6) is 1.25. The molecule has 0 saturated heterocycles. The van der Waals surface area contributed by atoms with Gasteiger partial charge in [-0.25, -0.2) is 0 Å². The second-order valence-corrected chi connectivity index (χ2v) is 4.50. The van der Waals surface area contributed by atoms with Gasteiger partial charge in [-0.3, -0.25) is 4.98 Å². The Labute approximate surface area is 117 Å². The summed E-state index contributed by atoms with van der Waals surface area (Å²) in [6.07, 6.45) is 1.73. The van der Waals surface area contributed by atoms with Crippen molar-refractivity contribution in [2.45, 2.75) is 6.92 Å². The number of hydrogen-bond acceptors (Lipinski definition) is 3. The second kappa shape index (κ2) is 5.02. The molecule has 0 amide bonds. The Bertz CT molecular complexity index is 813. The molecule has 1 heterocycles. The van der Waals surface area contributed by atoms with E-state index in [0.29, 0.717) is 17.1 Å². The van der Waals surface area contributed by atoms with E-state index in [4.69, 9.17) is 4.74 Å². The summed E-state index contributed by atoms with van der Waals surface area (Å²) in [6, 6.07) is 17.3. The number of fused-ring (bicyclic) bond motifs is 1. The molecule has 0 bridgehead atoms. The normalized spacial score (nSPS) is 10.2. The lowest BCUT2D eigenvalue weighted by Gasteiger charge is -2.11. The average molecular weight is 260 g/mol. The van der Waals surface area contributed by atoms with Crippen LogP contribution in [-0.4, -0.2) is 4.98 Å². The van der Waals surface area contributed by atoms with Gasteiger partial charge in [-0.05, 0) is 30.7 Å². The Morgan fingerprint density at radius 1 is 1.05 bits per heavy atom. The van der Waals surface area contributed by atoms with Crippen molar-refractivity contribution in [3.63, 3.8) is 0 Å². The fourth-order valence-corrected chi connectivity index (χ4v) is 2.14. The Balaban J connectivity index is 2.13. The van der Waals surface area contributed by atoms with Crippen LogP contribution < -0.4 is 4.74 Å². The lowest BCUT2D eigenvalue weighted by atomic mass is 10.1. The Hall–Kier alpha value is -2.86. The fraction of sp³-hybridized carbons (Fsp3) is 0.0588. The number of hydrogen-bond donors (Lipinski definition) is 0. The van der Waals surface area contributed by atoms with Crippen molar-refractivity contribution < 1.29 is 4.74 Å². The Morgan fingerprint density at radius 2 is 1.85 bits per heavy atom. The molecule has 0 unspecified atom stereocenters. The van der Waals surface area contributed by atoms with Gasteiger partial charge in [0.1, 0.15) is 17.3 Å². The van der Waals surface area contributed by atoms with Gasteiger partial charge < -0.3 is 4.74 Å². The Kier molecular flexibility index (Phi) is 3.06. The summed E-state index contributed by atoms with van der Waals surface area (Å²) in [6.45, 7) is 1.93. The Morgan fingerprint density at radius 3 is 2.70 bits per heavy atom. The van der Waals surface area contributed by atoms with E-state index >= 15 is 0 Å². The minimum atomic E-state index is 0.526. The van der Waals surface area contributed by atoms with Crippen molar-refractivity contribution in [1.29, 1.82) is 5.26 Å². The van der Waals surface area contributed by atoms with E-state index in [2.05, 4.69) is 11.1 Å². The number of pyridine rings is 1. The maximum atomic E-state index is 9.19. The minimum Gasteiger partial charge on any atom is -0.453 e. The number of aryl methyl sites for hydroxylation is 1. The molecule has 3 rings (SSSR count). The maximum absolute atomic E-state index is 9.19. The summed E-state index contributed by atoms with van der Waals surface area (Å²) in [5.41, 5.74) is 2.25. The van der Waals surface area contributed by atoms with E-state index in [0.717, 1.165) is 16.5 Å². The smallest absolute Gasteiger partial charge is 0.153 e. The number of benzene rings is 2. The van der Waals surface area contributed by atoms with Crippen LogP contribution >= 0.6 is 0 Å². The molecular weight excluding hydrogens is 248 g/mol. The zero-order valence-corrected chi connectivity index (χ0v) is 11.0. The highest BCUT2D eigenvalue weighted by atomic mass is 16.5. The molecule has 20 heavy (non-hydrogen) atoms. The summed E-state index contributed by atoms with van der Waals surface area (Å²) in [7, 11) is 0. The van der Waals surface area contributed by atoms with E-state index in [1.807, 2.05) is 49.4 Å². The average Bonchev–Trinajstić information content (AvgIpc) is 2.49.